The van der Waals surface area contributed by atoms with Gasteiger partial charge in [-0.05, 0) is 6.92 Å². The number of hydrogen-bond acceptors (Lipinski definition) is 2. The minimum absolute atomic E-state index is 0.293. The van der Waals surface area contributed by atoms with Crippen LogP contribution in [0.4, 0.5) is 0 Å². The Hall–Kier alpha value is -1.01. The zero-order valence-electron chi connectivity index (χ0n) is 5.72. The Kier molecular flexibility index (Phi) is 1.64. The van der Waals surface area contributed by atoms with Crippen LogP contribution in [0.5, 0.6) is 0 Å². The van der Waals surface area contributed by atoms with Crippen LogP contribution in [0.3, 0.4) is 0 Å². The number of halogens is 1. The molecule has 0 N–H and O–H groups in total. The molecule has 0 atom stereocenters. The summed E-state index contributed by atoms with van der Waals surface area (Å²) in [5, 5.41) is 12.7. The van der Waals surface area contributed by atoms with Gasteiger partial charge in [-0.15, -0.1) is 0 Å². The first-order chi connectivity index (χ1) is 4.66. The third-order valence-corrected chi connectivity index (χ3v) is 1.82. The molecule has 0 bridgehead atoms. The predicted octanol–water partition coefficient (Wildman–Crippen LogP) is 1.25. The van der Waals surface area contributed by atoms with Gasteiger partial charge in [0.15, 0.2) is 5.69 Å². The highest BCUT2D eigenvalue weighted by Crippen LogP contribution is 2.17. The molecule has 0 saturated heterocycles. The van der Waals surface area contributed by atoms with Crippen molar-refractivity contribution in [2.45, 2.75) is 6.92 Å². The molecule has 52 valence electrons. The van der Waals surface area contributed by atoms with Crippen molar-refractivity contribution in [2.75, 3.05) is 0 Å². The van der Waals surface area contributed by atoms with Gasteiger partial charge in [-0.2, -0.15) is 10.4 Å². The fraction of sp³-hybridized carbons (Fsp3) is 0.333. The van der Waals surface area contributed by atoms with Crippen LogP contribution in [0.2, 0.25) is 5.02 Å². The average Bonchev–Trinajstić information content (AvgIpc) is 2.17. The van der Waals surface area contributed by atoms with Crippen molar-refractivity contribution >= 4 is 11.6 Å². The number of aromatic nitrogens is 2. The number of nitriles is 1. The van der Waals surface area contributed by atoms with E-state index in [-0.39, 0.29) is 0 Å². The average molecular weight is 156 g/mol. The van der Waals surface area contributed by atoms with Gasteiger partial charge < -0.3 is 0 Å². The maximum Gasteiger partial charge on any atom is 0.181 e. The van der Waals surface area contributed by atoms with E-state index in [1.165, 1.54) is 0 Å². The Labute approximate surface area is 63.8 Å². The molecule has 1 heterocycles. The van der Waals surface area contributed by atoms with E-state index in [2.05, 4.69) is 5.10 Å². The van der Waals surface area contributed by atoms with E-state index in [1.807, 2.05) is 13.0 Å². The molecule has 1 aromatic heterocycles. The van der Waals surface area contributed by atoms with Crippen molar-refractivity contribution in [2.24, 2.45) is 7.05 Å². The number of nitrogens with zero attached hydrogens (tertiary/aromatic N) is 3. The summed E-state index contributed by atoms with van der Waals surface area (Å²) in [7, 11) is 1.75. The van der Waals surface area contributed by atoms with Gasteiger partial charge in [0.1, 0.15) is 6.07 Å². The lowest BCUT2D eigenvalue weighted by Crippen LogP contribution is -1.92. The lowest BCUT2D eigenvalue weighted by Gasteiger charge is -1.89. The van der Waals surface area contributed by atoms with Crippen LogP contribution >= 0.6 is 11.6 Å². The number of aryl methyl sites for hydroxylation is 1. The fourth-order valence-corrected chi connectivity index (χ4v) is 0.856. The maximum atomic E-state index is 8.45. The van der Waals surface area contributed by atoms with Crippen LogP contribution in [-0.4, -0.2) is 9.78 Å². The lowest BCUT2D eigenvalue weighted by molar-refractivity contribution is 0.736. The summed E-state index contributed by atoms with van der Waals surface area (Å²) in [5.41, 5.74) is 1.11. The minimum atomic E-state index is 0.293. The van der Waals surface area contributed by atoms with Gasteiger partial charge in [0, 0.05) is 7.05 Å². The zero-order valence-corrected chi connectivity index (χ0v) is 6.48. The summed E-state index contributed by atoms with van der Waals surface area (Å²) >= 11 is 5.71. The third kappa shape index (κ3) is 0.869. The van der Waals surface area contributed by atoms with Crippen LogP contribution in [0.1, 0.15) is 11.4 Å². The second-order valence-electron chi connectivity index (χ2n) is 1.98. The molecule has 3 nitrogen and oxygen atoms in total. The van der Waals surface area contributed by atoms with Crippen molar-refractivity contribution in [3.05, 3.63) is 16.4 Å². The smallest absolute Gasteiger partial charge is 0.181 e. The Morgan fingerprint density at radius 2 is 2.30 bits per heavy atom. The van der Waals surface area contributed by atoms with Crippen molar-refractivity contribution in [1.29, 1.82) is 5.26 Å². The first-order valence-corrected chi connectivity index (χ1v) is 3.13. The minimum Gasteiger partial charge on any atom is -0.270 e. The van der Waals surface area contributed by atoms with E-state index in [4.69, 9.17) is 16.9 Å². The van der Waals surface area contributed by atoms with Gasteiger partial charge in [-0.3, -0.25) is 4.68 Å². The third-order valence-electron chi connectivity index (χ3n) is 1.37. The molecule has 4 heteroatoms. The molecular formula is C6H6ClN3. The molecule has 0 aromatic carbocycles. The second kappa shape index (κ2) is 2.31. The number of rotatable bonds is 0. The van der Waals surface area contributed by atoms with Crippen LogP contribution in [-0.2, 0) is 7.05 Å². The Balaban J connectivity index is 3.34. The van der Waals surface area contributed by atoms with E-state index in [1.54, 1.807) is 11.7 Å². The first-order valence-electron chi connectivity index (χ1n) is 2.76. The monoisotopic (exact) mass is 155 g/mol. The van der Waals surface area contributed by atoms with Gasteiger partial charge in [0.2, 0.25) is 0 Å². The van der Waals surface area contributed by atoms with Crippen LogP contribution in [0.15, 0.2) is 0 Å². The summed E-state index contributed by atoms with van der Waals surface area (Å²) in [6.45, 7) is 1.82. The molecule has 0 fully saturated rings. The molecule has 0 amide bonds. The Bertz CT molecular complexity index is 295. The van der Waals surface area contributed by atoms with E-state index in [0.29, 0.717) is 10.7 Å². The molecule has 0 radical (unpaired) electrons. The van der Waals surface area contributed by atoms with E-state index in [0.717, 1.165) is 5.69 Å². The normalized spacial score (nSPS) is 9.40. The van der Waals surface area contributed by atoms with E-state index >= 15 is 0 Å². The zero-order chi connectivity index (χ0) is 7.72. The Morgan fingerprint density at radius 1 is 1.70 bits per heavy atom. The maximum absolute atomic E-state index is 8.45. The summed E-state index contributed by atoms with van der Waals surface area (Å²) < 4.78 is 1.58. The highest BCUT2D eigenvalue weighted by molar-refractivity contribution is 6.32. The standard InChI is InChI=1S/C6H6ClN3/c1-4-6(7)5(3-8)9-10(4)2/h1-2H3. The van der Waals surface area contributed by atoms with E-state index in [9.17, 15) is 0 Å². The van der Waals surface area contributed by atoms with Crippen molar-refractivity contribution in [3.63, 3.8) is 0 Å². The summed E-state index contributed by atoms with van der Waals surface area (Å²) in [6, 6.07) is 1.89. The van der Waals surface area contributed by atoms with E-state index < -0.39 is 0 Å². The lowest BCUT2D eigenvalue weighted by atomic mass is 10.4. The molecule has 1 aromatic rings. The summed E-state index contributed by atoms with van der Waals surface area (Å²) in [5.74, 6) is 0. The topological polar surface area (TPSA) is 41.6 Å². The van der Waals surface area contributed by atoms with Crippen LogP contribution in [0.25, 0.3) is 0 Å². The van der Waals surface area contributed by atoms with Gasteiger partial charge in [0.25, 0.3) is 0 Å². The fourth-order valence-electron chi connectivity index (χ4n) is 0.654. The van der Waals surface area contributed by atoms with Gasteiger partial charge >= 0.3 is 0 Å². The molecular weight excluding hydrogens is 150 g/mol. The largest absolute Gasteiger partial charge is 0.270 e. The molecule has 0 aliphatic carbocycles. The van der Waals surface area contributed by atoms with Gasteiger partial charge in [-0.25, -0.2) is 0 Å². The van der Waals surface area contributed by atoms with Crippen molar-refractivity contribution in [1.82, 2.24) is 9.78 Å². The predicted molar refractivity (Wildman–Crippen MR) is 37.7 cm³/mol. The van der Waals surface area contributed by atoms with Gasteiger partial charge in [0.05, 0.1) is 10.7 Å². The molecule has 0 unspecified atom stereocenters. The van der Waals surface area contributed by atoms with Crippen LogP contribution in [0, 0.1) is 18.3 Å². The quantitative estimate of drug-likeness (QED) is 0.566. The highest BCUT2D eigenvalue weighted by atomic mass is 35.5. The molecule has 0 spiro atoms. The van der Waals surface area contributed by atoms with Crippen LogP contribution < -0.4 is 0 Å². The molecule has 0 aliphatic rings. The molecule has 1 rings (SSSR count). The molecule has 10 heavy (non-hydrogen) atoms. The van der Waals surface area contributed by atoms with Gasteiger partial charge in [-0.1, -0.05) is 11.6 Å². The molecule has 0 aliphatic heterocycles. The number of hydrogen-bond donors (Lipinski definition) is 0. The summed E-state index contributed by atoms with van der Waals surface area (Å²) in [4.78, 5) is 0. The van der Waals surface area contributed by atoms with Crippen molar-refractivity contribution < 1.29 is 0 Å². The Morgan fingerprint density at radius 3 is 2.50 bits per heavy atom. The summed E-state index contributed by atoms with van der Waals surface area (Å²) in [6.07, 6.45) is 0. The molecule has 0 saturated carbocycles. The highest BCUT2D eigenvalue weighted by Gasteiger charge is 2.08. The second-order valence-corrected chi connectivity index (χ2v) is 2.36. The SMILES string of the molecule is Cc1c(Cl)c(C#N)nn1C. The van der Waals surface area contributed by atoms with Crippen molar-refractivity contribution in [3.8, 4) is 6.07 Å². The first kappa shape index (κ1) is 7.10.